The zero-order chi connectivity index (χ0) is 15.0. The fraction of sp³-hybridized carbons (Fsp3) is 0.214. The number of hydrazine groups is 1. The minimum atomic E-state index is -0.897. The van der Waals surface area contributed by atoms with Gasteiger partial charge in [0.25, 0.3) is 5.91 Å². The van der Waals surface area contributed by atoms with Gasteiger partial charge in [-0.05, 0) is 18.1 Å². The van der Waals surface area contributed by atoms with Gasteiger partial charge in [0.2, 0.25) is 0 Å². The number of nitrogens with zero attached hydrogens (tertiary/aromatic N) is 1. The third-order valence-electron chi connectivity index (χ3n) is 2.59. The first kappa shape index (κ1) is 15.4. The van der Waals surface area contributed by atoms with E-state index in [0.29, 0.717) is 12.7 Å². The second kappa shape index (κ2) is 7.73. The van der Waals surface area contributed by atoms with Crippen molar-refractivity contribution in [3.8, 4) is 0 Å². The first-order valence-electron chi connectivity index (χ1n) is 6.16. The van der Waals surface area contributed by atoms with Crippen molar-refractivity contribution in [2.24, 2.45) is 5.73 Å². The van der Waals surface area contributed by atoms with Crippen LogP contribution in [0.1, 0.15) is 18.9 Å². The van der Waals surface area contributed by atoms with E-state index in [1.54, 1.807) is 13.0 Å². The van der Waals surface area contributed by atoms with Gasteiger partial charge in [0.15, 0.2) is 0 Å². The van der Waals surface area contributed by atoms with Gasteiger partial charge >= 0.3 is 6.03 Å². The number of aldehydes is 1. The number of hydrogen-bond acceptors (Lipinski definition) is 3. The number of benzene rings is 1. The smallest absolute Gasteiger partial charge is 0.331 e. The van der Waals surface area contributed by atoms with Gasteiger partial charge in [0, 0.05) is 6.08 Å². The van der Waals surface area contributed by atoms with Crippen LogP contribution in [-0.2, 0) is 9.59 Å². The Morgan fingerprint density at radius 1 is 1.35 bits per heavy atom. The van der Waals surface area contributed by atoms with E-state index in [-0.39, 0.29) is 0 Å². The lowest BCUT2D eigenvalue weighted by Gasteiger charge is -2.25. The lowest BCUT2D eigenvalue weighted by molar-refractivity contribution is -0.134. The summed E-state index contributed by atoms with van der Waals surface area (Å²) in [6.07, 6.45) is 3.83. The molecule has 1 atom stereocenters. The molecule has 6 nitrogen and oxygen atoms in total. The number of amides is 3. The third-order valence-corrected chi connectivity index (χ3v) is 2.59. The Morgan fingerprint density at radius 2 is 2.00 bits per heavy atom. The Balaban J connectivity index is 2.85. The summed E-state index contributed by atoms with van der Waals surface area (Å²) in [5.74, 6) is -0.522. The summed E-state index contributed by atoms with van der Waals surface area (Å²) in [5, 5.41) is 0.925. The third kappa shape index (κ3) is 4.56. The monoisotopic (exact) mass is 275 g/mol. The van der Waals surface area contributed by atoms with Gasteiger partial charge in [0.05, 0.1) is 0 Å². The molecule has 106 valence electrons. The zero-order valence-electron chi connectivity index (χ0n) is 11.2. The van der Waals surface area contributed by atoms with Crippen LogP contribution in [0.15, 0.2) is 36.4 Å². The largest absolute Gasteiger partial charge is 0.350 e. The maximum Gasteiger partial charge on any atom is 0.331 e. The molecule has 0 heterocycles. The molecular weight excluding hydrogens is 258 g/mol. The fourth-order valence-corrected chi connectivity index (χ4v) is 1.57. The highest BCUT2D eigenvalue weighted by atomic mass is 16.2. The highest BCUT2D eigenvalue weighted by Gasteiger charge is 2.21. The van der Waals surface area contributed by atoms with E-state index < -0.39 is 18.0 Å². The van der Waals surface area contributed by atoms with E-state index in [1.807, 2.05) is 30.3 Å². The Morgan fingerprint density at radius 3 is 2.50 bits per heavy atom. The van der Waals surface area contributed by atoms with Gasteiger partial charge < -0.3 is 10.5 Å². The first-order valence-corrected chi connectivity index (χ1v) is 6.16. The first-order chi connectivity index (χ1) is 9.58. The Kier molecular flexibility index (Phi) is 5.96. The van der Waals surface area contributed by atoms with Crippen molar-refractivity contribution in [2.75, 3.05) is 0 Å². The SMILES string of the molecule is CCC(C=O)N(NC(N)=O)C(=O)C=Cc1ccccc1. The highest BCUT2D eigenvalue weighted by Crippen LogP contribution is 2.04. The van der Waals surface area contributed by atoms with Gasteiger partial charge in [-0.15, -0.1) is 0 Å². The maximum atomic E-state index is 12.0. The number of carbonyl (C=O) groups excluding carboxylic acids is 3. The van der Waals surface area contributed by atoms with E-state index in [9.17, 15) is 14.4 Å². The second-order valence-corrected chi connectivity index (χ2v) is 4.04. The van der Waals surface area contributed by atoms with Crippen LogP contribution < -0.4 is 11.2 Å². The molecular formula is C14H17N3O3. The molecule has 0 aliphatic heterocycles. The molecule has 20 heavy (non-hydrogen) atoms. The fourth-order valence-electron chi connectivity index (χ4n) is 1.57. The van der Waals surface area contributed by atoms with Gasteiger partial charge in [0.1, 0.15) is 12.3 Å². The van der Waals surface area contributed by atoms with Gasteiger partial charge in [-0.2, -0.15) is 0 Å². The van der Waals surface area contributed by atoms with Crippen molar-refractivity contribution in [2.45, 2.75) is 19.4 Å². The van der Waals surface area contributed by atoms with Crippen molar-refractivity contribution in [1.29, 1.82) is 0 Å². The number of nitrogens with two attached hydrogens (primary N) is 1. The average Bonchev–Trinajstić information content (AvgIpc) is 2.45. The number of rotatable bonds is 5. The molecule has 3 amide bonds. The molecule has 0 bridgehead atoms. The van der Waals surface area contributed by atoms with Crippen molar-refractivity contribution in [3.05, 3.63) is 42.0 Å². The van der Waals surface area contributed by atoms with E-state index in [2.05, 4.69) is 5.43 Å². The quantitative estimate of drug-likeness (QED) is 0.478. The van der Waals surface area contributed by atoms with Crippen LogP contribution in [0.3, 0.4) is 0 Å². The van der Waals surface area contributed by atoms with E-state index in [1.165, 1.54) is 6.08 Å². The summed E-state index contributed by atoms with van der Waals surface area (Å²) in [4.78, 5) is 33.9. The summed E-state index contributed by atoms with van der Waals surface area (Å²) in [5.41, 5.74) is 7.99. The van der Waals surface area contributed by atoms with Crippen molar-refractivity contribution >= 4 is 24.3 Å². The molecule has 1 rings (SSSR count). The molecule has 1 aromatic rings. The van der Waals surface area contributed by atoms with Crippen LogP contribution in [0.25, 0.3) is 6.08 Å². The number of urea groups is 1. The van der Waals surface area contributed by atoms with Crippen molar-refractivity contribution < 1.29 is 14.4 Å². The topological polar surface area (TPSA) is 92.5 Å². The molecule has 0 spiro atoms. The number of nitrogens with one attached hydrogen (secondary N) is 1. The molecule has 0 fully saturated rings. The van der Waals surface area contributed by atoms with Crippen LogP contribution in [0.5, 0.6) is 0 Å². The van der Waals surface area contributed by atoms with Crippen LogP contribution >= 0.6 is 0 Å². The summed E-state index contributed by atoms with van der Waals surface area (Å²) >= 11 is 0. The highest BCUT2D eigenvalue weighted by molar-refractivity contribution is 5.94. The van der Waals surface area contributed by atoms with Gasteiger partial charge in [-0.3, -0.25) is 4.79 Å². The molecule has 0 aliphatic rings. The predicted molar refractivity (Wildman–Crippen MR) is 75.2 cm³/mol. The second-order valence-electron chi connectivity index (χ2n) is 4.04. The molecule has 0 aromatic heterocycles. The van der Waals surface area contributed by atoms with Crippen LogP contribution in [0, 0.1) is 0 Å². The zero-order valence-corrected chi connectivity index (χ0v) is 11.2. The Labute approximate surface area is 117 Å². The summed E-state index contributed by atoms with van der Waals surface area (Å²) in [6.45, 7) is 1.73. The molecule has 1 aromatic carbocycles. The standard InChI is InChI=1S/C14H17N3O3/c1-2-12(10-18)17(16-14(15)20)13(19)9-8-11-6-4-3-5-7-11/h3-10,12H,2H2,1H3,(H3,15,16,20). The Hall–Kier alpha value is -2.63. The summed E-state index contributed by atoms with van der Waals surface area (Å²) < 4.78 is 0. The number of carbonyl (C=O) groups is 3. The molecule has 1 unspecified atom stereocenters. The van der Waals surface area contributed by atoms with E-state index in [4.69, 9.17) is 5.73 Å². The van der Waals surface area contributed by atoms with Gasteiger partial charge in [-0.1, -0.05) is 37.3 Å². The van der Waals surface area contributed by atoms with E-state index >= 15 is 0 Å². The predicted octanol–water partition coefficient (Wildman–Crippen LogP) is 1.09. The molecule has 6 heteroatoms. The maximum absolute atomic E-state index is 12.0. The van der Waals surface area contributed by atoms with Crippen molar-refractivity contribution in [3.63, 3.8) is 0 Å². The summed E-state index contributed by atoms with van der Waals surface area (Å²) in [7, 11) is 0. The number of hydrogen-bond donors (Lipinski definition) is 2. The molecule has 0 saturated heterocycles. The average molecular weight is 275 g/mol. The molecule has 0 aliphatic carbocycles. The summed E-state index contributed by atoms with van der Waals surface area (Å²) in [6, 6.07) is 7.54. The van der Waals surface area contributed by atoms with Crippen LogP contribution in [0.4, 0.5) is 4.79 Å². The minimum absolute atomic E-state index is 0.370. The lowest BCUT2D eigenvalue weighted by atomic mass is 10.2. The molecule has 0 saturated carbocycles. The lowest BCUT2D eigenvalue weighted by Crippen LogP contribution is -2.53. The van der Waals surface area contributed by atoms with Crippen molar-refractivity contribution in [1.82, 2.24) is 10.4 Å². The molecule has 3 N–H and O–H groups in total. The van der Waals surface area contributed by atoms with E-state index in [0.717, 1.165) is 10.6 Å². The van der Waals surface area contributed by atoms with Gasteiger partial charge in [-0.25, -0.2) is 15.2 Å². The number of primary amides is 1. The Bertz CT molecular complexity index is 500. The normalized spacial score (nSPS) is 11.8. The van der Waals surface area contributed by atoms with Crippen LogP contribution in [0.2, 0.25) is 0 Å². The van der Waals surface area contributed by atoms with Crippen LogP contribution in [-0.4, -0.2) is 29.3 Å². The molecule has 0 radical (unpaired) electrons. The minimum Gasteiger partial charge on any atom is -0.350 e.